The van der Waals surface area contributed by atoms with Gasteiger partial charge in [0.25, 0.3) is 0 Å². The van der Waals surface area contributed by atoms with Crippen LogP contribution in [0.4, 0.5) is 14.5 Å². The molecular formula is C14H12F2N2O5. The molecule has 1 aromatic heterocycles. The first-order valence-electron chi connectivity index (χ1n) is 6.34. The van der Waals surface area contributed by atoms with Gasteiger partial charge in [0.2, 0.25) is 5.76 Å². The molecule has 122 valence electrons. The van der Waals surface area contributed by atoms with Gasteiger partial charge in [-0.05, 0) is 23.8 Å². The Hall–Kier alpha value is -2.97. The topological polar surface area (TPSA) is 87.6 Å². The fourth-order valence-electron chi connectivity index (χ4n) is 1.88. The van der Waals surface area contributed by atoms with Gasteiger partial charge in [0.15, 0.2) is 17.2 Å². The zero-order valence-corrected chi connectivity index (χ0v) is 12.2. The summed E-state index contributed by atoms with van der Waals surface area (Å²) < 4.78 is 38.8. The molecular weight excluding hydrogens is 314 g/mol. The molecule has 0 N–H and O–H groups in total. The third kappa shape index (κ3) is 3.82. The van der Waals surface area contributed by atoms with Gasteiger partial charge >= 0.3 is 12.3 Å². The van der Waals surface area contributed by atoms with Crippen LogP contribution in [0.3, 0.4) is 0 Å². The van der Waals surface area contributed by atoms with Crippen molar-refractivity contribution in [3.8, 4) is 11.5 Å². The Morgan fingerprint density at radius 3 is 2.70 bits per heavy atom. The maximum Gasteiger partial charge on any atom is 0.387 e. The highest BCUT2D eigenvalue weighted by molar-refractivity contribution is 5.73. The molecule has 23 heavy (non-hydrogen) atoms. The minimum absolute atomic E-state index is 0.0275. The molecule has 0 amide bonds. The van der Waals surface area contributed by atoms with Crippen LogP contribution in [0.15, 0.2) is 22.7 Å². The van der Waals surface area contributed by atoms with Gasteiger partial charge in [-0.25, -0.2) is 0 Å². The summed E-state index contributed by atoms with van der Waals surface area (Å²) in [5.74, 6) is 0.0762. The van der Waals surface area contributed by atoms with Crippen LogP contribution in [-0.4, -0.2) is 23.8 Å². The number of aromatic nitrogens is 1. The van der Waals surface area contributed by atoms with Crippen molar-refractivity contribution >= 4 is 17.8 Å². The fourth-order valence-corrected chi connectivity index (χ4v) is 1.88. The number of ether oxygens (including phenoxy) is 2. The summed E-state index contributed by atoms with van der Waals surface area (Å²) in [6, 6.07) is 4.34. The standard InChI is InChI=1S/C14H12F2N2O5/c1-8-13(18(19)20)10(17-23-8)5-3-9-4-6-11(21-2)12(7-9)22-14(15)16/h3-7,14H,1-2H3. The van der Waals surface area contributed by atoms with Gasteiger partial charge in [0.1, 0.15) is 0 Å². The van der Waals surface area contributed by atoms with Crippen molar-refractivity contribution in [2.24, 2.45) is 0 Å². The lowest BCUT2D eigenvalue weighted by Crippen LogP contribution is -2.03. The molecule has 0 radical (unpaired) electrons. The number of rotatable bonds is 6. The third-order valence-corrected chi connectivity index (χ3v) is 2.88. The number of aryl methyl sites for hydroxylation is 1. The van der Waals surface area contributed by atoms with Gasteiger partial charge in [-0.15, -0.1) is 0 Å². The second-order valence-electron chi connectivity index (χ2n) is 4.35. The van der Waals surface area contributed by atoms with E-state index in [0.717, 1.165) is 0 Å². The van der Waals surface area contributed by atoms with Crippen molar-refractivity contribution in [1.82, 2.24) is 5.16 Å². The van der Waals surface area contributed by atoms with Crippen LogP contribution < -0.4 is 9.47 Å². The molecule has 1 heterocycles. The minimum Gasteiger partial charge on any atom is -0.493 e. The number of nitrogens with zero attached hydrogens (tertiary/aromatic N) is 2. The lowest BCUT2D eigenvalue weighted by atomic mass is 10.1. The minimum atomic E-state index is -3.00. The number of alkyl halides is 2. The number of hydrogen-bond donors (Lipinski definition) is 0. The Bertz CT molecular complexity index is 743. The summed E-state index contributed by atoms with van der Waals surface area (Å²) in [7, 11) is 1.32. The normalized spacial score (nSPS) is 11.2. The number of halogens is 2. The first-order valence-corrected chi connectivity index (χ1v) is 6.34. The van der Waals surface area contributed by atoms with E-state index in [1.165, 1.54) is 38.3 Å². The Morgan fingerprint density at radius 2 is 2.09 bits per heavy atom. The Labute approximate surface area is 129 Å². The monoisotopic (exact) mass is 326 g/mol. The highest BCUT2D eigenvalue weighted by Crippen LogP contribution is 2.30. The van der Waals surface area contributed by atoms with Crippen LogP contribution in [-0.2, 0) is 0 Å². The SMILES string of the molecule is COc1ccc(C=Cc2noc(C)c2[N+](=O)[O-])cc1OC(F)F. The maximum absolute atomic E-state index is 12.4. The summed E-state index contributed by atoms with van der Waals surface area (Å²) in [4.78, 5) is 10.3. The average molecular weight is 326 g/mol. The van der Waals surface area contributed by atoms with Gasteiger partial charge < -0.3 is 14.0 Å². The molecule has 0 aliphatic carbocycles. The zero-order valence-electron chi connectivity index (χ0n) is 12.2. The van der Waals surface area contributed by atoms with Gasteiger partial charge in [-0.3, -0.25) is 10.1 Å². The molecule has 2 rings (SSSR count). The molecule has 9 heteroatoms. The predicted molar refractivity (Wildman–Crippen MR) is 76.4 cm³/mol. The second-order valence-corrected chi connectivity index (χ2v) is 4.35. The Morgan fingerprint density at radius 1 is 1.35 bits per heavy atom. The molecule has 0 fully saturated rings. The van der Waals surface area contributed by atoms with Crippen LogP contribution in [0.25, 0.3) is 12.2 Å². The van der Waals surface area contributed by atoms with Crippen molar-refractivity contribution in [3.63, 3.8) is 0 Å². The van der Waals surface area contributed by atoms with Crippen LogP contribution in [0, 0.1) is 17.0 Å². The van der Waals surface area contributed by atoms with Crippen LogP contribution in [0.5, 0.6) is 11.5 Å². The summed E-state index contributed by atoms with van der Waals surface area (Å²) in [5, 5.41) is 14.5. The lowest BCUT2D eigenvalue weighted by Gasteiger charge is -2.10. The van der Waals surface area contributed by atoms with Crippen LogP contribution in [0.1, 0.15) is 17.0 Å². The molecule has 2 aromatic rings. The Balaban J connectivity index is 2.31. The first kappa shape index (κ1) is 16.4. The molecule has 1 aromatic carbocycles. The van der Waals surface area contributed by atoms with E-state index in [2.05, 4.69) is 9.89 Å². The number of hydrogen-bond acceptors (Lipinski definition) is 6. The molecule has 0 saturated carbocycles. The molecule has 0 saturated heterocycles. The quantitative estimate of drug-likeness (QED) is 0.594. The van der Waals surface area contributed by atoms with Crippen molar-refractivity contribution in [3.05, 3.63) is 45.3 Å². The summed E-state index contributed by atoms with van der Waals surface area (Å²) in [5.41, 5.74) is 0.245. The zero-order chi connectivity index (χ0) is 17.0. The van der Waals surface area contributed by atoms with E-state index in [1.54, 1.807) is 6.07 Å². The van der Waals surface area contributed by atoms with Gasteiger partial charge in [0, 0.05) is 6.92 Å². The van der Waals surface area contributed by atoms with E-state index < -0.39 is 11.5 Å². The predicted octanol–water partition coefficient (Wildman–Crippen LogP) is 3.67. The number of nitro groups is 1. The van der Waals surface area contributed by atoms with Gasteiger partial charge in [0.05, 0.1) is 12.0 Å². The highest BCUT2D eigenvalue weighted by Gasteiger charge is 2.21. The largest absolute Gasteiger partial charge is 0.493 e. The molecule has 0 aliphatic heterocycles. The average Bonchev–Trinajstić information content (AvgIpc) is 2.86. The van der Waals surface area contributed by atoms with Crippen molar-refractivity contribution < 1.29 is 27.7 Å². The smallest absolute Gasteiger partial charge is 0.387 e. The third-order valence-electron chi connectivity index (χ3n) is 2.88. The van der Waals surface area contributed by atoms with Crippen LogP contribution in [0.2, 0.25) is 0 Å². The van der Waals surface area contributed by atoms with E-state index in [4.69, 9.17) is 9.26 Å². The van der Waals surface area contributed by atoms with Crippen molar-refractivity contribution in [2.45, 2.75) is 13.5 Å². The summed E-state index contributed by atoms with van der Waals surface area (Å²) in [6.07, 6.45) is 2.81. The van der Waals surface area contributed by atoms with E-state index in [9.17, 15) is 18.9 Å². The maximum atomic E-state index is 12.4. The molecule has 0 bridgehead atoms. The van der Waals surface area contributed by atoms with E-state index >= 15 is 0 Å². The van der Waals surface area contributed by atoms with Gasteiger partial charge in [-0.2, -0.15) is 8.78 Å². The highest BCUT2D eigenvalue weighted by atomic mass is 19.3. The van der Waals surface area contributed by atoms with Crippen molar-refractivity contribution in [2.75, 3.05) is 7.11 Å². The molecule has 0 aliphatic rings. The van der Waals surface area contributed by atoms with E-state index in [-0.39, 0.29) is 28.6 Å². The number of benzene rings is 1. The van der Waals surface area contributed by atoms with Crippen molar-refractivity contribution in [1.29, 1.82) is 0 Å². The fraction of sp³-hybridized carbons (Fsp3) is 0.214. The molecule has 7 nitrogen and oxygen atoms in total. The number of methoxy groups -OCH3 is 1. The molecule has 0 unspecified atom stereocenters. The Kier molecular flexibility index (Phi) is 4.89. The van der Waals surface area contributed by atoms with Gasteiger partial charge in [-0.1, -0.05) is 17.3 Å². The lowest BCUT2D eigenvalue weighted by molar-refractivity contribution is -0.386. The van der Waals surface area contributed by atoms with Crippen LogP contribution >= 0.6 is 0 Å². The summed E-state index contributed by atoms with van der Waals surface area (Å²) in [6.45, 7) is -1.58. The molecule has 0 atom stereocenters. The summed E-state index contributed by atoms with van der Waals surface area (Å²) >= 11 is 0. The van der Waals surface area contributed by atoms with E-state index in [0.29, 0.717) is 5.56 Å². The molecule has 0 spiro atoms. The van der Waals surface area contributed by atoms with E-state index in [1.807, 2.05) is 0 Å². The first-order chi connectivity index (χ1) is 10.9. The second kappa shape index (κ2) is 6.86.